The van der Waals surface area contributed by atoms with Crippen LogP contribution >= 0.6 is 0 Å². The highest BCUT2D eigenvalue weighted by molar-refractivity contribution is 6.03. The lowest BCUT2D eigenvalue weighted by Gasteiger charge is -2.40. The summed E-state index contributed by atoms with van der Waals surface area (Å²) in [6, 6.07) is -0.101. The van der Waals surface area contributed by atoms with E-state index >= 15 is 0 Å². The van der Waals surface area contributed by atoms with Crippen molar-refractivity contribution in [2.75, 3.05) is 29.9 Å². The van der Waals surface area contributed by atoms with Crippen LogP contribution in [0.2, 0.25) is 0 Å². The predicted molar refractivity (Wildman–Crippen MR) is 65.2 cm³/mol. The molecule has 17 heavy (non-hydrogen) atoms. The van der Waals surface area contributed by atoms with Crippen molar-refractivity contribution in [2.45, 2.75) is 19.4 Å². The highest BCUT2D eigenvalue weighted by atomic mass is 16.2. The van der Waals surface area contributed by atoms with E-state index in [-0.39, 0.29) is 11.9 Å². The summed E-state index contributed by atoms with van der Waals surface area (Å²) in [6.07, 6.45) is 0.834. The summed E-state index contributed by atoms with van der Waals surface area (Å²) in [5, 5.41) is 10.7. The summed E-state index contributed by atoms with van der Waals surface area (Å²) < 4.78 is 1.88. The van der Waals surface area contributed by atoms with Crippen molar-refractivity contribution in [3.05, 3.63) is 5.69 Å². The van der Waals surface area contributed by atoms with Crippen LogP contribution in [-0.4, -0.2) is 41.4 Å². The van der Waals surface area contributed by atoms with Gasteiger partial charge in [-0.2, -0.15) is 5.10 Å². The van der Waals surface area contributed by atoms with Gasteiger partial charge in [0.1, 0.15) is 11.7 Å². The normalized spacial score (nSPS) is 23.1. The molecule has 1 saturated heterocycles. The van der Waals surface area contributed by atoms with E-state index < -0.39 is 0 Å². The van der Waals surface area contributed by atoms with E-state index in [4.69, 9.17) is 0 Å². The molecule has 1 amide bonds. The van der Waals surface area contributed by atoms with Crippen molar-refractivity contribution < 1.29 is 4.79 Å². The Labute approximate surface area is 100.0 Å². The first-order valence-corrected chi connectivity index (χ1v) is 6.06. The third kappa shape index (κ3) is 1.44. The molecule has 1 aromatic rings. The monoisotopic (exact) mass is 235 g/mol. The van der Waals surface area contributed by atoms with E-state index in [0.717, 1.165) is 36.7 Å². The molecule has 1 unspecified atom stereocenters. The van der Waals surface area contributed by atoms with Gasteiger partial charge in [0.05, 0.1) is 5.69 Å². The predicted octanol–water partition coefficient (Wildman–Crippen LogP) is -0.287. The first kappa shape index (κ1) is 10.6. The average Bonchev–Trinajstić information content (AvgIpc) is 2.66. The average molecular weight is 235 g/mol. The lowest BCUT2D eigenvalue weighted by molar-refractivity contribution is -0.117. The van der Waals surface area contributed by atoms with Gasteiger partial charge < -0.3 is 15.5 Å². The van der Waals surface area contributed by atoms with Gasteiger partial charge in [0, 0.05) is 26.7 Å². The van der Waals surface area contributed by atoms with Crippen molar-refractivity contribution in [3.8, 4) is 0 Å². The Morgan fingerprint density at radius 3 is 3.12 bits per heavy atom. The van der Waals surface area contributed by atoms with E-state index in [1.165, 1.54) is 0 Å². The summed E-state index contributed by atoms with van der Waals surface area (Å²) in [5.41, 5.74) is 1.87. The fourth-order valence-corrected chi connectivity index (χ4v) is 2.67. The molecule has 2 aliphatic heterocycles. The second kappa shape index (κ2) is 3.73. The third-order valence-corrected chi connectivity index (χ3v) is 3.49. The van der Waals surface area contributed by atoms with Crippen LogP contribution in [0.1, 0.15) is 12.6 Å². The molecule has 0 saturated carbocycles. The second-order valence-electron chi connectivity index (χ2n) is 4.53. The maximum Gasteiger partial charge on any atom is 0.248 e. The molecular formula is C11H17N5O. The largest absolute Gasteiger partial charge is 0.340 e. The fourth-order valence-electron chi connectivity index (χ4n) is 2.67. The summed E-state index contributed by atoms with van der Waals surface area (Å²) in [6.45, 7) is 4.53. The van der Waals surface area contributed by atoms with Crippen molar-refractivity contribution in [2.24, 2.45) is 7.05 Å². The highest BCUT2D eigenvalue weighted by Crippen LogP contribution is 2.35. The van der Waals surface area contributed by atoms with E-state index in [1.54, 1.807) is 0 Å². The number of rotatable bonds is 1. The van der Waals surface area contributed by atoms with Crippen molar-refractivity contribution in [1.29, 1.82) is 0 Å². The summed E-state index contributed by atoms with van der Waals surface area (Å²) >= 11 is 0. The Balaban J connectivity index is 2.10. The lowest BCUT2D eigenvalue weighted by Crippen LogP contribution is -2.59. The zero-order chi connectivity index (χ0) is 12.0. The number of amides is 1. The van der Waals surface area contributed by atoms with Crippen LogP contribution in [0.15, 0.2) is 0 Å². The topological polar surface area (TPSA) is 62.2 Å². The molecule has 1 atom stereocenters. The van der Waals surface area contributed by atoms with E-state index in [2.05, 4.69) is 27.6 Å². The molecule has 6 nitrogen and oxygen atoms in total. The summed E-state index contributed by atoms with van der Waals surface area (Å²) in [5.74, 6) is 1.13. The number of anilines is 2. The molecule has 0 aliphatic carbocycles. The Kier molecular flexibility index (Phi) is 2.32. The third-order valence-electron chi connectivity index (χ3n) is 3.49. The van der Waals surface area contributed by atoms with Gasteiger partial charge in [0.2, 0.25) is 5.91 Å². The molecule has 1 aromatic heterocycles. The Hall–Kier alpha value is -1.56. The smallest absolute Gasteiger partial charge is 0.248 e. The van der Waals surface area contributed by atoms with Gasteiger partial charge in [0.25, 0.3) is 0 Å². The van der Waals surface area contributed by atoms with Crippen LogP contribution in [0.3, 0.4) is 0 Å². The quantitative estimate of drug-likeness (QED) is 0.702. The maximum absolute atomic E-state index is 12.0. The maximum atomic E-state index is 12.0. The van der Waals surface area contributed by atoms with Gasteiger partial charge in [-0.1, -0.05) is 6.92 Å². The van der Waals surface area contributed by atoms with Crippen LogP contribution in [0.5, 0.6) is 0 Å². The van der Waals surface area contributed by atoms with Crippen LogP contribution in [0.4, 0.5) is 11.5 Å². The van der Waals surface area contributed by atoms with Gasteiger partial charge in [-0.15, -0.1) is 0 Å². The number of fused-ring (bicyclic) bond motifs is 3. The minimum Gasteiger partial charge on any atom is -0.340 e. The summed E-state index contributed by atoms with van der Waals surface area (Å²) in [7, 11) is 1.94. The summed E-state index contributed by atoms with van der Waals surface area (Å²) in [4.78, 5) is 14.2. The number of aryl methyl sites for hydroxylation is 2. The van der Waals surface area contributed by atoms with Gasteiger partial charge >= 0.3 is 0 Å². The molecule has 1 fully saturated rings. The minimum atomic E-state index is -0.101. The Morgan fingerprint density at radius 2 is 2.35 bits per heavy atom. The van der Waals surface area contributed by atoms with Crippen molar-refractivity contribution in [3.63, 3.8) is 0 Å². The van der Waals surface area contributed by atoms with Gasteiger partial charge in [-0.25, -0.2) is 0 Å². The fraction of sp³-hybridized carbons (Fsp3) is 0.636. The van der Waals surface area contributed by atoms with E-state index in [0.29, 0.717) is 6.54 Å². The molecule has 2 aliphatic rings. The van der Waals surface area contributed by atoms with Crippen molar-refractivity contribution in [1.82, 2.24) is 15.1 Å². The molecular weight excluding hydrogens is 218 g/mol. The zero-order valence-corrected chi connectivity index (χ0v) is 10.2. The van der Waals surface area contributed by atoms with Crippen LogP contribution < -0.4 is 15.5 Å². The number of aromatic nitrogens is 2. The lowest BCUT2D eigenvalue weighted by atomic mass is 10.1. The first-order chi connectivity index (χ1) is 8.22. The number of carbonyl (C=O) groups excluding carboxylic acids is 1. The van der Waals surface area contributed by atoms with Crippen LogP contribution in [0.25, 0.3) is 0 Å². The number of carbonyl (C=O) groups is 1. The van der Waals surface area contributed by atoms with E-state index in [1.807, 2.05) is 11.7 Å². The number of nitrogens with zero attached hydrogens (tertiary/aromatic N) is 3. The number of nitrogens with one attached hydrogen (secondary N) is 2. The van der Waals surface area contributed by atoms with Crippen molar-refractivity contribution >= 4 is 17.4 Å². The zero-order valence-electron chi connectivity index (χ0n) is 10.2. The van der Waals surface area contributed by atoms with E-state index in [9.17, 15) is 4.79 Å². The Morgan fingerprint density at radius 1 is 1.53 bits per heavy atom. The second-order valence-corrected chi connectivity index (χ2v) is 4.53. The number of hydrogen-bond acceptors (Lipinski definition) is 4. The number of piperazine rings is 1. The molecule has 3 heterocycles. The molecule has 92 valence electrons. The molecule has 3 rings (SSSR count). The first-order valence-electron chi connectivity index (χ1n) is 6.06. The molecule has 6 heteroatoms. The Bertz CT molecular complexity index is 467. The van der Waals surface area contributed by atoms with Crippen LogP contribution in [0, 0.1) is 0 Å². The highest BCUT2D eigenvalue weighted by Gasteiger charge is 2.38. The molecule has 2 N–H and O–H groups in total. The minimum absolute atomic E-state index is 0.0763. The van der Waals surface area contributed by atoms with Crippen LogP contribution in [-0.2, 0) is 18.3 Å². The van der Waals surface area contributed by atoms with Gasteiger partial charge in [0.15, 0.2) is 5.82 Å². The SMILES string of the molecule is CCc1nn(C)c2c1NC(=O)C1CNCCN21. The van der Waals surface area contributed by atoms with Gasteiger partial charge in [-0.05, 0) is 6.42 Å². The van der Waals surface area contributed by atoms with Gasteiger partial charge in [-0.3, -0.25) is 9.48 Å². The number of hydrogen-bond donors (Lipinski definition) is 2. The molecule has 0 aromatic carbocycles. The molecule has 0 radical (unpaired) electrons. The standard InChI is InChI=1S/C11H17N5O/c1-3-7-9-11(15(2)14-7)16-5-4-12-6-8(16)10(17)13-9/h8,12H,3-6H2,1-2H3,(H,13,17). The molecule has 0 bridgehead atoms. The molecule has 0 spiro atoms.